The number of H-pyrrole nitrogens is 2. The molecule has 2 heterocycles. The Bertz CT molecular complexity index is 1640. The molecule has 6 aromatic rings. The lowest BCUT2D eigenvalue weighted by molar-refractivity contribution is 0.692. The summed E-state index contributed by atoms with van der Waals surface area (Å²) in [6.07, 6.45) is 1.08. The minimum Gasteiger partial charge on any atom is -0.342 e. The molecule has 0 saturated heterocycles. The summed E-state index contributed by atoms with van der Waals surface area (Å²) in [6.45, 7) is 6.40. The van der Waals surface area contributed by atoms with Gasteiger partial charge in [0.25, 0.3) is 0 Å². The number of aryl methyl sites for hydroxylation is 1. The SMILES string of the molecule is CCC(C)c1nc2ccc(-c3ccc4cc(-c5ccc6nc(C)[nH]c6c5)ccc4c3)cc2[nH]1. The molecule has 0 aliphatic heterocycles. The van der Waals surface area contributed by atoms with Crippen LogP contribution in [-0.2, 0) is 0 Å². The minimum atomic E-state index is 0.439. The van der Waals surface area contributed by atoms with E-state index in [1.54, 1.807) is 0 Å². The Labute approximate surface area is 192 Å². The highest BCUT2D eigenvalue weighted by atomic mass is 14.9. The van der Waals surface area contributed by atoms with Gasteiger partial charge in [-0.25, -0.2) is 9.97 Å². The van der Waals surface area contributed by atoms with Crippen LogP contribution in [0.5, 0.6) is 0 Å². The molecule has 1 atom stereocenters. The molecule has 4 aromatic carbocycles. The summed E-state index contributed by atoms with van der Waals surface area (Å²) in [7, 11) is 0. The average Bonchev–Trinajstić information content (AvgIpc) is 3.44. The lowest BCUT2D eigenvalue weighted by Crippen LogP contribution is -1.92. The molecule has 6 rings (SSSR count). The summed E-state index contributed by atoms with van der Waals surface area (Å²) in [5.74, 6) is 2.45. The van der Waals surface area contributed by atoms with Crippen LogP contribution >= 0.6 is 0 Å². The summed E-state index contributed by atoms with van der Waals surface area (Å²) >= 11 is 0. The summed E-state index contributed by atoms with van der Waals surface area (Å²) in [6, 6.07) is 26.3. The first-order valence-electron chi connectivity index (χ1n) is 11.6. The molecule has 1 unspecified atom stereocenters. The van der Waals surface area contributed by atoms with Crippen LogP contribution in [0.1, 0.15) is 37.8 Å². The zero-order valence-corrected chi connectivity index (χ0v) is 19.1. The van der Waals surface area contributed by atoms with Crippen molar-refractivity contribution in [3.63, 3.8) is 0 Å². The second-order valence-electron chi connectivity index (χ2n) is 8.99. The highest BCUT2D eigenvalue weighted by molar-refractivity contribution is 5.93. The molecule has 2 aromatic heterocycles. The number of rotatable bonds is 4. The number of nitrogens with zero attached hydrogens (tertiary/aromatic N) is 2. The van der Waals surface area contributed by atoms with Crippen molar-refractivity contribution in [2.24, 2.45) is 0 Å². The van der Waals surface area contributed by atoms with Gasteiger partial charge in [-0.1, -0.05) is 50.2 Å². The summed E-state index contributed by atoms with van der Waals surface area (Å²) < 4.78 is 0. The maximum absolute atomic E-state index is 4.77. The second kappa shape index (κ2) is 7.59. The van der Waals surface area contributed by atoms with Gasteiger partial charge in [0.1, 0.15) is 11.6 Å². The molecule has 0 saturated carbocycles. The molecule has 0 radical (unpaired) electrons. The molecular formula is C29H26N4. The molecular weight excluding hydrogens is 404 g/mol. The van der Waals surface area contributed by atoms with Gasteiger partial charge in [-0.2, -0.15) is 0 Å². The van der Waals surface area contributed by atoms with Crippen molar-refractivity contribution in [2.75, 3.05) is 0 Å². The monoisotopic (exact) mass is 430 g/mol. The first-order valence-corrected chi connectivity index (χ1v) is 11.6. The maximum atomic E-state index is 4.77. The number of benzene rings is 4. The predicted molar refractivity (Wildman–Crippen MR) is 138 cm³/mol. The lowest BCUT2D eigenvalue weighted by Gasteiger charge is -2.07. The van der Waals surface area contributed by atoms with Gasteiger partial charge in [-0.3, -0.25) is 0 Å². The Morgan fingerprint density at radius 3 is 1.79 bits per heavy atom. The van der Waals surface area contributed by atoms with Crippen LogP contribution in [0.3, 0.4) is 0 Å². The van der Waals surface area contributed by atoms with Crippen LogP contribution in [-0.4, -0.2) is 19.9 Å². The van der Waals surface area contributed by atoms with E-state index in [1.807, 2.05) is 6.92 Å². The van der Waals surface area contributed by atoms with Gasteiger partial charge in [0.15, 0.2) is 0 Å². The van der Waals surface area contributed by atoms with Crippen molar-refractivity contribution < 1.29 is 0 Å². The van der Waals surface area contributed by atoms with Crippen LogP contribution in [0.2, 0.25) is 0 Å². The number of aromatic nitrogens is 4. The van der Waals surface area contributed by atoms with Crippen LogP contribution in [0, 0.1) is 6.92 Å². The van der Waals surface area contributed by atoms with E-state index in [0.29, 0.717) is 5.92 Å². The molecule has 0 amide bonds. The third kappa shape index (κ3) is 3.48. The van der Waals surface area contributed by atoms with E-state index in [0.717, 1.165) is 40.1 Å². The van der Waals surface area contributed by atoms with E-state index in [2.05, 4.69) is 102 Å². The van der Waals surface area contributed by atoms with Crippen LogP contribution in [0.15, 0.2) is 72.8 Å². The molecule has 0 bridgehead atoms. The van der Waals surface area contributed by atoms with E-state index in [9.17, 15) is 0 Å². The topological polar surface area (TPSA) is 57.4 Å². The zero-order chi connectivity index (χ0) is 22.5. The van der Waals surface area contributed by atoms with Gasteiger partial charge in [0, 0.05) is 5.92 Å². The Balaban J connectivity index is 1.36. The van der Waals surface area contributed by atoms with E-state index in [-0.39, 0.29) is 0 Å². The van der Waals surface area contributed by atoms with Crippen molar-refractivity contribution >= 4 is 32.8 Å². The second-order valence-corrected chi connectivity index (χ2v) is 8.99. The van der Waals surface area contributed by atoms with E-state index >= 15 is 0 Å². The standard InChI is InChI=1S/C29H26N4/c1-4-17(2)29-32-26-12-10-24(16-28(26)33-29)22-8-6-19-13-21(7-5-20(19)14-22)23-9-11-25-27(15-23)31-18(3)30-25/h5-17H,4H2,1-3H3,(H,30,31)(H,32,33). The molecule has 0 aliphatic rings. The number of fused-ring (bicyclic) bond motifs is 3. The normalized spacial score (nSPS) is 12.7. The number of nitrogens with one attached hydrogen (secondary N) is 2. The Morgan fingerprint density at radius 1 is 0.667 bits per heavy atom. The molecule has 4 nitrogen and oxygen atoms in total. The largest absolute Gasteiger partial charge is 0.342 e. The number of hydrogen-bond acceptors (Lipinski definition) is 2. The van der Waals surface area contributed by atoms with Crippen LogP contribution < -0.4 is 0 Å². The van der Waals surface area contributed by atoms with E-state index < -0.39 is 0 Å². The first-order chi connectivity index (χ1) is 16.1. The smallest absolute Gasteiger partial charge is 0.110 e. The van der Waals surface area contributed by atoms with Gasteiger partial charge in [-0.15, -0.1) is 0 Å². The lowest BCUT2D eigenvalue weighted by atomic mass is 9.97. The molecule has 0 fully saturated rings. The van der Waals surface area contributed by atoms with Gasteiger partial charge in [0.05, 0.1) is 22.1 Å². The van der Waals surface area contributed by atoms with Gasteiger partial charge in [0.2, 0.25) is 0 Å². The van der Waals surface area contributed by atoms with Crippen molar-refractivity contribution in [3.05, 3.63) is 84.4 Å². The Morgan fingerprint density at radius 2 is 1.18 bits per heavy atom. The third-order valence-electron chi connectivity index (χ3n) is 6.69. The van der Waals surface area contributed by atoms with Crippen molar-refractivity contribution in [3.8, 4) is 22.3 Å². The molecule has 0 aliphatic carbocycles. The summed E-state index contributed by atoms with van der Waals surface area (Å²) in [4.78, 5) is 16.1. The quantitative estimate of drug-likeness (QED) is 0.300. The molecule has 2 N–H and O–H groups in total. The highest BCUT2D eigenvalue weighted by Crippen LogP contribution is 2.31. The first kappa shape index (κ1) is 19.7. The number of imidazole rings is 2. The molecule has 4 heteroatoms. The van der Waals surface area contributed by atoms with E-state index in [1.165, 1.54) is 33.0 Å². The van der Waals surface area contributed by atoms with Gasteiger partial charge in [-0.05, 0) is 82.8 Å². The van der Waals surface area contributed by atoms with Crippen molar-refractivity contribution in [2.45, 2.75) is 33.1 Å². The number of hydrogen-bond donors (Lipinski definition) is 2. The van der Waals surface area contributed by atoms with Gasteiger partial charge >= 0.3 is 0 Å². The Kier molecular flexibility index (Phi) is 4.54. The Hall–Kier alpha value is -3.92. The number of aromatic amines is 2. The fourth-order valence-electron chi connectivity index (χ4n) is 4.56. The van der Waals surface area contributed by atoms with Crippen LogP contribution in [0.25, 0.3) is 55.1 Å². The highest BCUT2D eigenvalue weighted by Gasteiger charge is 2.10. The summed E-state index contributed by atoms with van der Waals surface area (Å²) in [5.41, 5.74) is 9.03. The van der Waals surface area contributed by atoms with Crippen molar-refractivity contribution in [1.82, 2.24) is 19.9 Å². The van der Waals surface area contributed by atoms with Crippen molar-refractivity contribution in [1.29, 1.82) is 0 Å². The fraction of sp³-hybridized carbons (Fsp3) is 0.172. The molecule has 33 heavy (non-hydrogen) atoms. The van der Waals surface area contributed by atoms with E-state index in [4.69, 9.17) is 4.98 Å². The predicted octanol–water partition coefficient (Wildman–Crippen LogP) is 7.75. The zero-order valence-electron chi connectivity index (χ0n) is 19.1. The van der Waals surface area contributed by atoms with Crippen LogP contribution in [0.4, 0.5) is 0 Å². The fourth-order valence-corrected chi connectivity index (χ4v) is 4.56. The summed E-state index contributed by atoms with van der Waals surface area (Å²) in [5, 5.41) is 2.47. The third-order valence-corrected chi connectivity index (χ3v) is 6.69. The minimum absolute atomic E-state index is 0.439. The molecule has 0 spiro atoms. The molecule has 162 valence electrons. The van der Waals surface area contributed by atoms with Gasteiger partial charge < -0.3 is 9.97 Å². The maximum Gasteiger partial charge on any atom is 0.110 e. The average molecular weight is 431 g/mol.